The molecule has 4 aromatic rings. The van der Waals surface area contributed by atoms with Crippen molar-refractivity contribution in [1.82, 2.24) is 19.7 Å². The molecule has 0 aliphatic rings. The van der Waals surface area contributed by atoms with Gasteiger partial charge in [-0.25, -0.2) is 0 Å². The highest BCUT2D eigenvalue weighted by atomic mass is 35.5. The molecule has 0 radical (unpaired) electrons. The second-order valence-electron chi connectivity index (χ2n) is 5.16. The van der Waals surface area contributed by atoms with Gasteiger partial charge in [0.15, 0.2) is 0 Å². The molecule has 0 saturated heterocycles. The van der Waals surface area contributed by atoms with Crippen LogP contribution in [0.15, 0.2) is 36.7 Å². The predicted octanol–water partition coefficient (Wildman–Crippen LogP) is 4.08. The number of benzene rings is 1. The van der Waals surface area contributed by atoms with Crippen molar-refractivity contribution >= 4 is 33.4 Å². The number of hydrogen-bond donors (Lipinski definition) is 1. The van der Waals surface area contributed by atoms with Crippen LogP contribution in [0, 0.1) is 6.92 Å². The van der Waals surface area contributed by atoms with Crippen molar-refractivity contribution in [3.63, 3.8) is 0 Å². The molecule has 0 spiro atoms. The molecule has 3 heterocycles. The zero-order valence-electron chi connectivity index (χ0n) is 11.7. The van der Waals surface area contributed by atoms with Gasteiger partial charge in [0, 0.05) is 40.8 Å². The molecule has 0 atom stereocenters. The Morgan fingerprint density at radius 2 is 1.95 bits per heavy atom. The summed E-state index contributed by atoms with van der Waals surface area (Å²) >= 11 is 6.33. The molecule has 5 heteroatoms. The number of aryl methyl sites for hydroxylation is 2. The highest BCUT2D eigenvalue weighted by molar-refractivity contribution is 6.32. The maximum Gasteiger partial charge on any atom is 0.0700 e. The average Bonchev–Trinajstić information content (AvgIpc) is 3.03. The largest absolute Gasteiger partial charge is 0.352 e. The molecule has 0 bridgehead atoms. The van der Waals surface area contributed by atoms with Gasteiger partial charge in [0.25, 0.3) is 0 Å². The third kappa shape index (κ3) is 1.76. The van der Waals surface area contributed by atoms with Crippen LogP contribution in [0.4, 0.5) is 0 Å². The normalized spacial score (nSPS) is 11.6. The number of fused-ring (bicyclic) bond motifs is 3. The van der Waals surface area contributed by atoms with Crippen molar-refractivity contribution in [3.05, 3.63) is 47.4 Å². The minimum Gasteiger partial charge on any atom is -0.352 e. The van der Waals surface area contributed by atoms with Gasteiger partial charge in [-0.2, -0.15) is 5.10 Å². The lowest BCUT2D eigenvalue weighted by molar-refractivity contribution is 0.776. The van der Waals surface area contributed by atoms with Crippen molar-refractivity contribution in [2.75, 3.05) is 0 Å². The van der Waals surface area contributed by atoms with Crippen molar-refractivity contribution in [3.8, 4) is 11.3 Å². The van der Waals surface area contributed by atoms with Crippen LogP contribution < -0.4 is 0 Å². The molecule has 21 heavy (non-hydrogen) atoms. The Hall–Kier alpha value is -2.33. The summed E-state index contributed by atoms with van der Waals surface area (Å²) in [6.45, 7) is 2.00. The van der Waals surface area contributed by atoms with E-state index in [2.05, 4.69) is 15.1 Å². The lowest BCUT2D eigenvalue weighted by Crippen LogP contribution is -1.94. The number of H-pyrrole nitrogens is 1. The number of nitrogens with zero attached hydrogens (tertiary/aromatic N) is 3. The van der Waals surface area contributed by atoms with Crippen LogP contribution in [0.25, 0.3) is 33.1 Å². The summed E-state index contributed by atoms with van der Waals surface area (Å²) in [5.74, 6) is 0. The van der Waals surface area contributed by atoms with Gasteiger partial charge < -0.3 is 4.98 Å². The topological polar surface area (TPSA) is 46.5 Å². The van der Waals surface area contributed by atoms with Gasteiger partial charge in [-0.15, -0.1) is 0 Å². The number of pyridine rings is 1. The highest BCUT2D eigenvalue weighted by Crippen LogP contribution is 2.36. The summed E-state index contributed by atoms with van der Waals surface area (Å²) in [6.07, 6.45) is 3.62. The zero-order valence-corrected chi connectivity index (χ0v) is 12.4. The molecule has 0 aliphatic heterocycles. The highest BCUT2D eigenvalue weighted by Gasteiger charge is 2.14. The average molecular weight is 297 g/mol. The van der Waals surface area contributed by atoms with Crippen LogP contribution in [-0.4, -0.2) is 19.7 Å². The van der Waals surface area contributed by atoms with E-state index in [0.29, 0.717) is 5.02 Å². The number of aromatic amines is 1. The Labute approximate surface area is 126 Å². The molecule has 3 aromatic heterocycles. The molecule has 0 fully saturated rings. The van der Waals surface area contributed by atoms with E-state index in [0.717, 1.165) is 38.8 Å². The van der Waals surface area contributed by atoms with Gasteiger partial charge in [0.05, 0.1) is 22.4 Å². The van der Waals surface area contributed by atoms with Crippen LogP contribution in [0.3, 0.4) is 0 Å². The summed E-state index contributed by atoms with van der Waals surface area (Å²) < 4.78 is 1.85. The molecule has 104 valence electrons. The summed E-state index contributed by atoms with van der Waals surface area (Å²) in [4.78, 5) is 7.85. The number of rotatable bonds is 1. The number of aromatic nitrogens is 4. The van der Waals surface area contributed by atoms with E-state index in [4.69, 9.17) is 11.6 Å². The fraction of sp³-hybridized carbons (Fsp3) is 0.125. The van der Waals surface area contributed by atoms with Crippen molar-refractivity contribution < 1.29 is 0 Å². The van der Waals surface area contributed by atoms with Gasteiger partial charge in [-0.05, 0) is 31.2 Å². The fourth-order valence-corrected chi connectivity index (χ4v) is 3.09. The first-order chi connectivity index (χ1) is 10.1. The Bertz CT molecular complexity index is 981. The number of nitrogens with one attached hydrogen (secondary N) is 1. The molecule has 1 aromatic carbocycles. The van der Waals surface area contributed by atoms with Crippen LogP contribution in [0.5, 0.6) is 0 Å². The quantitative estimate of drug-likeness (QED) is 0.575. The first-order valence-electron chi connectivity index (χ1n) is 6.70. The molecule has 0 saturated carbocycles. The van der Waals surface area contributed by atoms with Crippen molar-refractivity contribution in [2.24, 2.45) is 7.05 Å². The van der Waals surface area contributed by atoms with Crippen LogP contribution >= 0.6 is 11.6 Å². The molecule has 0 aliphatic carbocycles. The lowest BCUT2D eigenvalue weighted by atomic mass is 10.1. The van der Waals surface area contributed by atoms with Gasteiger partial charge in [-0.1, -0.05) is 11.6 Å². The summed E-state index contributed by atoms with van der Waals surface area (Å²) in [7, 11) is 1.93. The summed E-state index contributed by atoms with van der Waals surface area (Å²) in [6, 6.07) is 7.97. The minimum atomic E-state index is 0.717. The first-order valence-corrected chi connectivity index (χ1v) is 7.08. The third-order valence-corrected chi connectivity index (χ3v) is 4.10. The fourth-order valence-electron chi connectivity index (χ4n) is 2.87. The molecule has 1 N–H and O–H groups in total. The Balaban J connectivity index is 2.20. The molecular formula is C16H13ClN4. The van der Waals surface area contributed by atoms with Crippen molar-refractivity contribution in [2.45, 2.75) is 6.92 Å². The van der Waals surface area contributed by atoms with E-state index >= 15 is 0 Å². The lowest BCUT2D eigenvalue weighted by Gasteiger charge is -2.05. The van der Waals surface area contributed by atoms with E-state index in [9.17, 15) is 0 Å². The maximum atomic E-state index is 6.33. The van der Waals surface area contributed by atoms with E-state index in [1.54, 1.807) is 6.20 Å². The van der Waals surface area contributed by atoms with Crippen LogP contribution in [0.1, 0.15) is 5.69 Å². The van der Waals surface area contributed by atoms with Crippen LogP contribution in [-0.2, 0) is 7.05 Å². The summed E-state index contributed by atoms with van der Waals surface area (Å²) in [5.41, 5.74) is 5.18. The molecule has 4 rings (SSSR count). The van der Waals surface area contributed by atoms with Gasteiger partial charge >= 0.3 is 0 Å². The number of hydrogen-bond acceptors (Lipinski definition) is 2. The van der Waals surface area contributed by atoms with Gasteiger partial charge in [-0.3, -0.25) is 9.67 Å². The van der Waals surface area contributed by atoms with E-state index in [1.807, 2.05) is 49.1 Å². The van der Waals surface area contributed by atoms with Crippen LogP contribution in [0.2, 0.25) is 5.02 Å². The Kier molecular flexibility index (Phi) is 2.56. The Morgan fingerprint density at radius 3 is 2.71 bits per heavy atom. The van der Waals surface area contributed by atoms with Gasteiger partial charge in [0.1, 0.15) is 0 Å². The zero-order chi connectivity index (χ0) is 14.6. The first kappa shape index (κ1) is 12.4. The second kappa shape index (κ2) is 4.33. The second-order valence-corrected chi connectivity index (χ2v) is 5.60. The SMILES string of the molecule is Cc1nccc2c1[nH]c1c(-c3ccnn3C)cc(Cl)cc12. The predicted molar refractivity (Wildman–Crippen MR) is 85.5 cm³/mol. The van der Waals surface area contributed by atoms with Crippen molar-refractivity contribution in [1.29, 1.82) is 0 Å². The Morgan fingerprint density at radius 1 is 1.10 bits per heavy atom. The minimum absolute atomic E-state index is 0.717. The smallest absolute Gasteiger partial charge is 0.0700 e. The van der Waals surface area contributed by atoms with E-state index < -0.39 is 0 Å². The summed E-state index contributed by atoms with van der Waals surface area (Å²) in [5, 5.41) is 7.22. The molecule has 0 unspecified atom stereocenters. The van der Waals surface area contributed by atoms with E-state index in [1.165, 1.54) is 0 Å². The van der Waals surface area contributed by atoms with E-state index in [-0.39, 0.29) is 0 Å². The molecule has 4 nitrogen and oxygen atoms in total. The maximum absolute atomic E-state index is 6.33. The number of halogens is 1. The molecule has 0 amide bonds. The standard InChI is InChI=1S/C16H13ClN4/c1-9-15-11(3-5-18-9)12-7-10(17)8-13(16(12)20-15)14-4-6-19-21(14)2/h3-8,20H,1-2H3. The third-order valence-electron chi connectivity index (χ3n) is 3.88. The molecular weight excluding hydrogens is 284 g/mol. The monoisotopic (exact) mass is 296 g/mol. The van der Waals surface area contributed by atoms with Gasteiger partial charge in [0.2, 0.25) is 0 Å².